The van der Waals surface area contributed by atoms with E-state index in [4.69, 9.17) is 16.3 Å². The highest BCUT2D eigenvalue weighted by molar-refractivity contribution is 6.30. The number of hydrogen-bond acceptors (Lipinski definition) is 1. The Labute approximate surface area is 110 Å². The molecule has 0 bridgehead atoms. The van der Waals surface area contributed by atoms with Crippen LogP contribution in [0.5, 0.6) is 5.75 Å². The molecular weight excluding hydrogens is 234 g/mol. The van der Waals surface area contributed by atoms with Gasteiger partial charge in [-0.25, -0.2) is 0 Å². The lowest BCUT2D eigenvalue weighted by Gasteiger charge is -2.15. The lowest BCUT2D eigenvalue weighted by molar-refractivity contribution is -0.896. The van der Waals surface area contributed by atoms with E-state index < -0.39 is 0 Å². The van der Waals surface area contributed by atoms with E-state index in [2.05, 4.69) is 13.8 Å². The van der Waals surface area contributed by atoms with Crippen molar-refractivity contribution >= 4 is 11.6 Å². The molecule has 1 aromatic rings. The van der Waals surface area contributed by atoms with Gasteiger partial charge in [-0.2, -0.15) is 0 Å². The number of halogens is 1. The van der Waals surface area contributed by atoms with Crippen molar-refractivity contribution in [1.82, 2.24) is 0 Å². The molecule has 0 saturated carbocycles. The number of benzene rings is 1. The second-order valence-corrected chi connectivity index (χ2v) is 4.65. The van der Waals surface area contributed by atoms with E-state index in [-0.39, 0.29) is 0 Å². The Balaban J connectivity index is 2.10. The van der Waals surface area contributed by atoms with E-state index in [1.807, 2.05) is 24.3 Å². The van der Waals surface area contributed by atoms with Crippen molar-refractivity contribution < 1.29 is 9.64 Å². The normalized spacial score (nSPS) is 10.8. The number of quaternary nitrogens is 1. The molecule has 0 spiro atoms. The Kier molecular flexibility index (Phi) is 7.06. The van der Waals surface area contributed by atoms with E-state index in [1.54, 1.807) is 4.90 Å². The quantitative estimate of drug-likeness (QED) is 0.706. The van der Waals surface area contributed by atoms with Crippen LogP contribution in [0.25, 0.3) is 0 Å². The van der Waals surface area contributed by atoms with Crippen molar-refractivity contribution in [1.29, 1.82) is 0 Å². The summed E-state index contributed by atoms with van der Waals surface area (Å²) in [5.74, 6) is 0.907. The SMILES string of the molecule is CC[NH+](CC)CCCCOc1ccc(Cl)cc1. The Morgan fingerprint density at radius 2 is 1.71 bits per heavy atom. The summed E-state index contributed by atoms with van der Waals surface area (Å²) in [7, 11) is 0. The van der Waals surface area contributed by atoms with E-state index in [1.165, 1.54) is 26.1 Å². The molecule has 0 heterocycles. The minimum absolute atomic E-state index is 0.752. The van der Waals surface area contributed by atoms with E-state index in [0.29, 0.717) is 0 Å². The van der Waals surface area contributed by atoms with Crippen molar-refractivity contribution in [2.75, 3.05) is 26.2 Å². The monoisotopic (exact) mass is 256 g/mol. The summed E-state index contributed by atoms with van der Waals surface area (Å²) in [5.41, 5.74) is 0. The highest BCUT2D eigenvalue weighted by Crippen LogP contribution is 2.15. The molecule has 1 rings (SSSR count). The van der Waals surface area contributed by atoms with Crippen molar-refractivity contribution in [3.8, 4) is 5.75 Å². The maximum absolute atomic E-state index is 5.80. The Morgan fingerprint density at radius 3 is 2.29 bits per heavy atom. The molecule has 0 amide bonds. The highest BCUT2D eigenvalue weighted by Gasteiger charge is 2.01. The number of rotatable bonds is 8. The van der Waals surface area contributed by atoms with Gasteiger partial charge in [0.1, 0.15) is 5.75 Å². The minimum Gasteiger partial charge on any atom is -0.494 e. The summed E-state index contributed by atoms with van der Waals surface area (Å²) >= 11 is 5.80. The molecule has 17 heavy (non-hydrogen) atoms. The maximum atomic E-state index is 5.80. The van der Waals surface area contributed by atoms with Gasteiger partial charge < -0.3 is 9.64 Å². The van der Waals surface area contributed by atoms with Gasteiger partial charge in [0.25, 0.3) is 0 Å². The number of nitrogens with one attached hydrogen (secondary N) is 1. The summed E-state index contributed by atoms with van der Waals surface area (Å²) in [6.07, 6.45) is 2.34. The van der Waals surface area contributed by atoms with E-state index in [9.17, 15) is 0 Å². The van der Waals surface area contributed by atoms with Crippen LogP contribution in [0, 0.1) is 0 Å². The predicted octanol–water partition coefficient (Wildman–Crippen LogP) is 2.42. The fraction of sp³-hybridized carbons (Fsp3) is 0.571. The topological polar surface area (TPSA) is 13.7 Å². The first-order chi connectivity index (χ1) is 8.26. The van der Waals surface area contributed by atoms with Crippen molar-refractivity contribution in [2.45, 2.75) is 26.7 Å². The molecule has 96 valence electrons. The van der Waals surface area contributed by atoms with Gasteiger partial charge in [0, 0.05) is 5.02 Å². The molecule has 2 nitrogen and oxygen atoms in total. The number of ether oxygens (including phenoxy) is 1. The molecule has 0 radical (unpaired) electrons. The van der Waals surface area contributed by atoms with Gasteiger partial charge in [0.05, 0.1) is 26.2 Å². The van der Waals surface area contributed by atoms with Crippen LogP contribution in [-0.4, -0.2) is 26.2 Å². The van der Waals surface area contributed by atoms with E-state index >= 15 is 0 Å². The van der Waals surface area contributed by atoms with Gasteiger partial charge in [-0.1, -0.05) is 11.6 Å². The van der Waals surface area contributed by atoms with Gasteiger partial charge in [0.2, 0.25) is 0 Å². The van der Waals surface area contributed by atoms with Gasteiger partial charge >= 0.3 is 0 Å². The summed E-state index contributed by atoms with van der Waals surface area (Å²) < 4.78 is 5.64. The third-order valence-electron chi connectivity index (χ3n) is 3.01. The molecule has 0 saturated heterocycles. The van der Waals surface area contributed by atoms with Gasteiger partial charge in [-0.3, -0.25) is 0 Å². The van der Waals surface area contributed by atoms with Crippen LogP contribution >= 0.6 is 11.6 Å². The lowest BCUT2D eigenvalue weighted by Crippen LogP contribution is -3.11. The second kappa shape index (κ2) is 8.37. The molecule has 0 aliphatic carbocycles. The molecule has 1 N–H and O–H groups in total. The minimum atomic E-state index is 0.752. The zero-order valence-electron chi connectivity index (χ0n) is 10.8. The molecule has 0 fully saturated rings. The third-order valence-corrected chi connectivity index (χ3v) is 3.26. The number of unbranched alkanes of at least 4 members (excludes halogenated alkanes) is 1. The summed E-state index contributed by atoms with van der Waals surface area (Å²) in [5, 5.41) is 0.752. The van der Waals surface area contributed by atoms with Crippen LogP contribution < -0.4 is 9.64 Å². The first kappa shape index (κ1) is 14.3. The molecule has 0 aromatic heterocycles. The van der Waals surface area contributed by atoms with Crippen molar-refractivity contribution in [2.24, 2.45) is 0 Å². The molecule has 0 atom stereocenters. The molecule has 0 aliphatic rings. The largest absolute Gasteiger partial charge is 0.494 e. The first-order valence-corrected chi connectivity index (χ1v) is 6.86. The van der Waals surface area contributed by atoms with Gasteiger partial charge in [-0.15, -0.1) is 0 Å². The molecule has 0 unspecified atom stereocenters. The first-order valence-electron chi connectivity index (χ1n) is 6.48. The van der Waals surface area contributed by atoms with Crippen LogP contribution in [0.4, 0.5) is 0 Å². The zero-order chi connectivity index (χ0) is 12.5. The average molecular weight is 257 g/mol. The summed E-state index contributed by atoms with van der Waals surface area (Å²) in [6.45, 7) is 8.95. The van der Waals surface area contributed by atoms with Crippen molar-refractivity contribution in [3.63, 3.8) is 0 Å². The highest BCUT2D eigenvalue weighted by atomic mass is 35.5. The fourth-order valence-corrected chi connectivity index (χ4v) is 1.93. The maximum Gasteiger partial charge on any atom is 0.119 e. The van der Waals surface area contributed by atoms with Gasteiger partial charge in [0.15, 0.2) is 0 Å². The van der Waals surface area contributed by atoms with Crippen LogP contribution in [0.15, 0.2) is 24.3 Å². The number of hydrogen-bond donors (Lipinski definition) is 1. The molecule has 3 heteroatoms. The fourth-order valence-electron chi connectivity index (χ4n) is 1.80. The smallest absolute Gasteiger partial charge is 0.119 e. The summed E-state index contributed by atoms with van der Waals surface area (Å²) in [4.78, 5) is 1.66. The summed E-state index contributed by atoms with van der Waals surface area (Å²) in [6, 6.07) is 7.55. The predicted molar refractivity (Wildman–Crippen MR) is 73.1 cm³/mol. The van der Waals surface area contributed by atoms with Crippen LogP contribution in [0.1, 0.15) is 26.7 Å². The molecular formula is C14H23ClNO+. The molecule has 1 aromatic carbocycles. The lowest BCUT2D eigenvalue weighted by atomic mass is 10.3. The van der Waals surface area contributed by atoms with E-state index in [0.717, 1.165) is 23.8 Å². The zero-order valence-corrected chi connectivity index (χ0v) is 11.6. The van der Waals surface area contributed by atoms with Gasteiger partial charge in [-0.05, 0) is 51.0 Å². The second-order valence-electron chi connectivity index (χ2n) is 4.22. The Bertz CT molecular complexity index is 296. The van der Waals surface area contributed by atoms with Crippen molar-refractivity contribution in [3.05, 3.63) is 29.3 Å². The average Bonchev–Trinajstić information content (AvgIpc) is 2.36. The third kappa shape index (κ3) is 5.94. The standard InChI is InChI=1S/C14H22ClNO/c1-3-16(4-2)11-5-6-12-17-14-9-7-13(15)8-10-14/h7-10H,3-6,11-12H2,1-2H3/p+1. The van der Waals surface area contributed by atoms with Crippen LogP contribution in [-0.2, 0) is 0 Å². The van der Waals surface area contributed by atoms with Crippen LogP contribution in [0.2, 0.25) is 5.02 Å². The Hall–Kier alpha value is -0.730. The molecule has 0 aliphatic heterocycles. The Morgan fingerprint density at radius 1 is 1.06 bits per heavy atom. The van der Waals surface area contributed by atoms with Crippen LogP contribution in [0.3, 0.4) is 0 Å².